The minimum Gasteiger partial charge on any atom is -0.446 e. The third-order valence-electron chi connectivity index (χ3n) is 5.16. The third-order valence-corrected chi connectivity index (χ3v) is 5.53. The molecule has 28 heavy (non-hydrogen) atoms. The molecule has 9 nitrogen and oxygen atoms in total. The first-order valence-electron chi connectivity index (χ1n) is 9.16. The maximum absolute atomic E-state index is 12.9. The summed E-state index contributed by atoms with van der Waals surface area (Å²) >= 11 is 4.50. The van der Waals surface area contributed by atoms with Crippen molar-refractivity contribution in [1.82, 2.24) is 14.7 Å². The van der Waals surface area contributed by atoms with Crippen molar-refractivity contribution in [2.24, 2.45) is 0 Å². The van der Waals surface area contributed by atoms with Crippen molar-refractivity contribution in [3.05, 3.63) is 39.9 Å². The predicted molar refractivity (Wildman–Crippen MR) is 105 cm³/mol. The molecule has 0 aromatic heterocycles. The van der Waals surface area contributed by atoms with E-state index < -0.39 is 10.9 Å². The van der Waals surface area contributed by atoms with Gasteiger partial charge in [0.15, 0.2) is 0 Å². The zero-order valence-corrected chi connectivity index (χ0v) is 16.6. The fraction of sp³-hybridized carbons (Fsp3) is 0.556. The summed E-state index contributed by atoms with van der Waals surface area (Å²) in [6.07, 6.45) is 0.614. The van der Waals surface area contributed by atoms with Crippen LogP contribution in [0.4, 0.5) is 5.69 Å². The van der Waals surface area contributed by atoms with Gasteiger partial charge in [0.25, 0.3) is 5.69 Å². The molecule has 1 amide bonds. The van der Waals surface area contributed by atoms with Gasteiger partial charge in [-0.3, -0.25) is 19.8 Å². The Kier molecular flexibility index (Phi) is 6.53. The van der Waals surface area contributed by atoms with Crippen LogP contribution in [0.2, 0.25) is 0 Å². The van der Waals surface area contributed by atoms with Crippen molar-refractivity contribution in [1.29, 1.82) is 0 Å². The zero-order chi connectivity index (χ0) is 20.3. The SMILES string of the molecule is CN1CCN(C(=O)[C@@H]2C[C@H](S)CN2COC(=O)c2ccc([N+](=O)[O-])cc2)CC1. The Morgan fingerprint density at radius 2 is 1.86 bits per heavy atom. The van der Waals surface area contributed by atoms with Crippen molar-refractivity contribution in [3.8, 4) is 0 Å². The van der Waals surface area contributed by atoms with Crippen LogP contribution in [-0.2, 0) is 9.53 Å². The number of carbonyl (C=O) groups excluding carboxylic acids is 2. The van der Waals surface area contributed by atoms with E-state index in [0.717, 1.165) is 13.1 Å². The van der Waals surface area contributed by atoms with Crippen LogP contribution in [0, 0.1) is 10.1 Å². The van der Waals surface area contributed by atoms with Crippen molar-refractivity contribution >= 4 is 30.2 Å². The van der Waals surface area contributed by atoms with Gasteiger partial charge in [0.1, 0.15) is 6.73 Å². The molecule has 0 aliphatic carbocycles. The number of piperazine rings is 1. The van der Waals surface area contributed by atoms with Crippen molar-refractivity contribution in [3.63, 3.8) is 0 Å². The standard InChI is InChI=1S/C18H24N4O5S/c1-19-6-8-20(9-7-19)17(23)16-10-15(28)11-21(16)12-27-18(24)13-2-4-14(5-3-13)22(25)26/h2-5,15-16,28H,6-12H2,1H3/t15-,16-/m0/s1. The molecule has 10 heteroatoms. The number of hydrogen-bond acceptors (Lipinski definition) is 8. The van der Waals surface area contributed by atoms with Crippen LogP contribution in [0.15, 0.2) is 24.3 Å². The van der Waals surface area contributed by atoms with Crippen LogP contribution >= 0.6 is 12.6 Å². The Hall–Kier alpha value is -2.17. The first-order valence-corrected chi connectivity index (χ1v) is 9.68. The molecule has 2 aliphatic rings. The molecule has 0 N–H and O–H groups in total. The van der Waals surface area contributed by atoms with Crippen LogP contribution in [0.1, 0.15) is 16.8 Å². The normalized spacial score (nSPS) is 23.6. The fourth-order valence-corrected chi connectivity index (χ4v) is 3.87. The fourth-order valence-electron chi connectivity index (χ4n) is 3.46. The zero-order valence-electron chi connectivity index (χ0n) is 15.7. The maximum atomic E-state index is 12.9. The van der Waals surface area contributed by atoms with Gasteiger partial charge in [-0.2, -0.15) is 12.6 Å². The summed E-state index contributed by atoms with van der Waals surface area (Å²) in [5.41, 5.74) is 0.140. The van der Waals surface area contributed by atoms with E-state index in [0.29, 0.717) is 26.1 Å². The van der Waals surface area contributed by atoms with Gasteiger partial charge in [-0.15, -0.1) is 0 Å². The van der Waals surface area contributed by atoms with Crippen LogP contribution in [0.5, 0.6) is 0 Å². The summed E-state index contributed by atoms with van der Waals surface area (Å²) in [5, 5.41) is 10.7. The molecule has 3 rings (SSSR count). The Morgan fingerprint density at radius 1 is 1.21 bits per heavy atom. The van der Waals surface area contributed by atoms with Gasteiger partial charge < -0.3 is 14.5 Å². The van der Waals surface area contributed by atoms with E-state index in [1.54, 1.807) is 0 Å². The van der Waals surface area contributed by atoms with E-state index >= 15 is 0 Å². The summed E-state index contributed by atoms with van der Waals surface area (Å²) in [7, 11) is 2.03. The number of likely N-dealkylation sites (N-methyl/N-ethyl adjacent to an activating group) is 1. The molecule has 2 fully saturated rings. The second-order valence-corrected chi connectivity index (χ2v) is 7.90. The molecule has 1 aromatic carbocycles. The highest BCUT2D eigenvalue weighted by Crippen LogP contribution is 2.24. The summed E-state index contributed by atoms with van der Waals surface area (Å²) in [4.78, 5) is 41.2. The minimum absolute atomic E-state index is 0.0168. The summed E-state index contributed by atoms with van der Waals surface area (Å²) in [5.74, 6) is -0.528. The molecule has 152 valence electrons. The average molecular weight is 408 g/mol. The molecule has 2 atom stereocenters. The highest BCUT2D eigenvalue weighted by Gasteiger charge is 2.38. The quantitative estimate of drug-likeness (QED) is 0.334. The molecule has 2 heterocycles. The van der Waals surface area contributed by atoms with Gasteiger partial charge in [-0.1, -0.05) is 0 Å². The molecular weight excluding hydrogens is 384 g/mol. The number of nitro benzene ring substituents is 1. The number of rotatable bonds is 5. The van der Waals surface area contributed by atoms with Crippen LogP contribution < -0.4 is 0 Å². The number of amides is 1. The molecule has 0 radical (unpaired) electrons. The molecule has 2 saturated heterocycles. The number of hydrogen-bond donors (Lipinski definition) is 1. The summed E-state index contributed by atoms with van der Waals surface area (Å²) in [6, 6.07) is 4.89. The first kappa shape index (κ1) is 20.6. The Balaban J connectivity index is 1.58. The molecule has 0 spiro atoms. The van der Waals surface area contributed by atoms with Gasteiger partial charge in [0, 0.05) is 50.1 Å². The number of ether oxygens (including phenoxy) is 1. The number of likely N-dealkylation sites (tertiary alicyclic amines) is 1. The molecule has 1 aromatic rings. The third kappa shape index (κ3) is 4.81. The van der Waals surface area contributed by atoms with Gasteiger partial charge in [0.05, 0.1) is 16.5 Å². The number of thiol groups is 1. The number of benzene rings is 1. The minimum atomic E-state index is -0.580. The predicted octanol–water partition coefficient (Wildman–Crippen LogP) is 0.856. The van der Waals surface area contributed by atoms with E-state index in [9.17, 15) is 19.7 Å². The van der Waals surface area contributed by atoms with Crippen molar-refractivity contribution < 1.29 is 19.2 Å². The number of nitro groups is 1. The van der Waals surface area contributed by atoms with Gasteiger partial charge in [0.2, 0.25) is 5.91 Å². The van der Waals surface area contributed by atoms with Crippen molar-refractivity contribution in [2.45, 2.75) is 17.7 Å². The summed E-state index contributed by atoms with van der Waals surface area (Å²) < 4.78 is 5.35. The smallest absolute Gasteiger partial charge is 0.339 e. The van der Waals surface area contributed by atoms with E-state index in [-0.39, 0.29) is 35.2 Å². The van der Waals surface area contributed by atoms with E-state index in [1.807, 2.05) is 16.8 Å². The largest absolute Gasteiger partial charge is 0.446 e. The average Bonchev–Trinajstić information content (AvgIpc) is 3.06. The van der Waals surface area contributed by atoms with Gasteiger partial charge in [-0.25, -0.2) is 4.79 Å². The van der Waals surface area contributed by atoms with Gasteiger partial charge in [-0.05, 0) is 25.6 Å². The highest BCUT2D eigenvalue weighted by molar-refractivity contribution is 7.81. The number of esters is 1. The molecule has 0 saturated carbocycles. The molecule has 0 bridgehead atoms. The van der Waals surface area contributed by atoms with Crippen LogP contribution in [-0.4, -0.2) is 89.3 Å². The van der Waals surface area contributed by atoms with E-state index in [2.05, 4.69) is 17.5 Å². The van der Waals surface area contributed by atoms with Crippen LogP contribution in [0.3, 0.4) is 0 Å². The second-order valence-electron chi connectivity index (χ2n) is 7.17. The first-order chi connectivity index (χ1) is 13.3. The topological polar surface area (TPSA) is 96.2 Å². The lowest BCUT2D eigenvalue weighted by Gasteiger charge is -2.35. The summed E-state index contributed by atoms with van der Waals surface area (Å²) in [6.45, 7) is 3.62. The monoisotopic (exact) mass is 408 g/mol. The molecular formula is C18H24N4O5S. The lowest BCUT2D eigenvalue weighted by atomic mass is 10.1. The van der Waals surface area contributed by atoms with Gasteiger partial charge >= 0.3 is 5.97 Å². The Morgan fingerprint density at radius 3 is 2.46 bits per heavy atom. The Labute approximate surface area is 168 Å². The number of nitrogens with zero attached hydrogens (tertiary/aromatic N) is 4. The molecule has 0 unspecified atom stereocenters. The van der Waals surface area contributed by atoms with Crippen molar-refractivity contribution in [2.75, 3.05) is 46.5 Å². The highest BCUT2D eigenvalue weighted by atomic mass is 32.1. The number of carbonyl (C=O) groups is 2. The van der Waals surface area contributed by atoms with Crippen LogP contribution in [0.25, 0.3) is 0 Å². The van der Waals surface area contributed by atoms with E-state index in [4.69, 9.17) is 4.74 Å². The number of non-ortho nitro benzene ring substituents is 1. The second kappa shape index (κ2) is 8.89. The maximum Gasteiger partial charge on any atom is 0.339 e. The Bertz CT molecular complexity index is 736. The molecule has 2 aliphatic heterocycles. The van der Waals surface area contributed by atoms with E-state index in [1.165, 1.54) is 24.3 Å². The lowest BCUT2D eigenvalue weighted by Crippen LogP contribution is -2.53. The lowest BCUT2D eigenvalue weighted by molar-refractivity contribution is -0.384.